The first-order chi connectivity index (χ1) is 4.29. The summed E-state index contributed by atoms with van der Waals surface area (Å²) in [6.45, 7) is 0. The third kappa shape index (κ3) is 71.8. The van der Waals surface area contributed by atoms with E-state index in [1.165, 1.54) is 0 Å². The molecule has 0 aromatic carbocycles. The minimum absolute atomic E-state index is 0. The summed E-state index contributed by atoms with van der Waals surface area (Å²) in [4.78, 5) is 8.25. The second-order valence-electron chi connectivity index (χ2n) is 0.853. The van der Waals surface area contributed by atoms with E-state index in [9.17, 15) is 11.9 Å². The molecule has 0 heterocycles. The van der Waals surface area contributed by atoms with Crippen molar-refractivity contribution in [2.45, 2.75) is 0 Å². The molecule has 0 saturated carbocycles. The molecule has 0 saturated heterocycles. The Kier molecular flexibility index (Phi) is 22.6. The summed E-state index contributed by atoms with van der Waals surface area (Å²) in [6.07, 6.45) is 0. The summed E-state index contributed by atoms with van der Waals surface area (Å²) in [5.74, 6) is 0. The van der Waals surface area contributed by atoms with Crippen LogP contribution in [0.4, 0.5) is 0 Å². The minimum atomic E-state index is -5.16. The van der Waals surface area contributed by atoms with Crippen LogP contribution < -0.4 is 8.19 Å². The zero-order valence-corrected chi connectivity index (χ0v) is 12.1. The number of rotatable bonds is 1. The molecule has 0 atom stereocenters. The van der Waals surface area contributed by atoms with Crippen molar-refractivity contribution in [1.82, 2.24) is 0 Å². The fourth-order valence-corrected chi connectivity index (χ4v) is 0. The maximum absolute atomic E-state index is 9.31. The van der Waals surface area contributed by atoms with Crippen molar-refractivity contribution in [3.8, 4) is 0 Å². The smallest absolute Gasteiger partial charge is 0.356 e. The molecule has 0 aromatic heterocycles. The van der Waals surface area contributed by atoms with E-state index in [2.05, 4.69) is 3.73 Å². The van der Waals surface area contributed by atoms with Gasteiger partial charge in [-0.3, -0.25) is 0 Å². The Labute approximate surface area is 99.0 Å². The average Bonchev–Trinajstić information content (AvgIpc) is 1.63. The first kappa shape index (κ1) is 23.0. The number of nitrogens with zero attached hydrogens (tertiary/aromatic N) is 1. The molecule has 0 amide bonds. The van der Waals surface area contributed by atoms with Crippen LogP contribution in [0.1, 0.15) is 0 Å². The molecule has 0 radical (unpaired) electrons. The summed E-state index contributed by atoms with van der Waals surface area (Å²) in [7, 11) is 0.847. The molecule has 0 unspecified atom stereocenters. The fourth-order valence-electron chi connectivity index (χ4n) is 0. The normalized spacial score (nSPS) is 7.92. The van der Waals surface area contributed by atoms with Crippen LogP contribution in [-0.4, -0.2) is 26.7 Å². The van der Waals surface area contributed by atoms with Gasteiger partial charge in [0.2, 0.25) is 0 Å². The Balaban J connectivity index is -0.0000000483. The second kappa shape index (κ2) is 11.8. The molecular weight excluding hydrogens is 386 g/mol. The zero-order chi connectivity index (χ0) is 8.78. The molecule has 72 valence electrons. The third-order valence-electron chi connectivity index (χ3n) is 0.224. The van der Waals surface area contributed by atoms with Gasteiger partial charge in [-0.25, -0.2) is 0 Å². The van der Waals surface area contributed by atoms with E-state index in [-0.39, 0.29) is 41.9 Å². The van der Waals surface area contributed by atoms with Crippen molar-refractivity contribution in [2.24, 2.45) is 0 Å². The Morgan fingerprint density at radius 3 is 1.42 bits per heavy atom. The van der Waals surface area contributed by atoms with Gasteiger partial charge in [0.15, 0.2) is 0 Å². The number of hydrogen-bond donors (Lipinski definition) is 0. The molecule has 0 aliphatic carbocycles. The van der Waals surface area contributed by atoms with Gasteiger partial charge in [0.05, 0.1) is 5.09 Å². The monoisotopic (exact) mass is 387 g/mol. The Bertz CT molecular complexity index is 142. The Hall–Kier alpha value is 0.802. The minimum Gasteiger partial charge on any atom is -0.356 e. The Morgan fingerprint density at radius 2 is 1.42 bits per heavy atom. The van der Waals surface area contributed by atoms with Crippen molar-refractivity contribution in [2.75, 3.05) is 7.11 Å². The summed E-state index contributed by atoms with van der Waals surface area (Å²) in [5.41, 5.74) is 0. The van der Waals surface area contributed by atoms with E-state index >= 15 is 0 Å². The van der Waals surface area contributed by atoms with Gasteiger partial charge < -0.3 is 15.3 Å². The maximum atomic E-state index is 9.31. The van der Waals surface area contributed by atoms with Crippen molar-refractivity contribution in [3.63, 3.8) is 0 Å². The van der Waals surface area contributed by atoms with Crippen LogP contribution in [0.15, 0.2) is 0 Å². The van der Waals surface area contributed by atoms with Crippen molar-refractivity contribution in [1.29, 1.82) is 0 Å². The molecule has 0 bridgehead atoms. The largest absolute Gasteiger partial charge is 2.00 e. The van der Waals surface area contributed by atoms with Crippen LogP contribution in [0, 0.1) is 15.3 Å². The van der Waals surface area contributed by atoms with Crippen LogP contribution in [0.3, 0.4) is 0 Å². The summed E-state index contributed by atoms with van der Waals surface area (Å²) in [6, 6.07) is 0. The first-order valence-corrected chi connectivity index (χ1v) is 4.75. The predicted molar refractivity (Wildman–Crippen MR) is 23.8 cm³/mol. The molecular formula is CH3AgAsNO7Zn. The molecule has 0 aliphatic heterocycles. The molecule has 11 heteroatoms. The van der Waals surface area contributed by atoms with Gasteiger partial charge in [-0.2, -0.15) is 0 Å². The van der Waals surface area contributed by atoms with Gasteiger partial charge in [-0.05, 0) is 0 Å². The summed E-state index contributed by atoms with van der Waals surface area (Å²) < 4.78 is 31.4. The van der Waals surface area contributed by atoms with E-state index < -0.39 is 19.6 Å². The molecule has 0 rings (SSSR count). The van der Waals surface area contributed by atoms with Crippen LogP contribution >= 0.6 is 0 Å². The topological polar surface area (TPSA) is 139 Å². The maximum Gasteiger partial charge on any atom is 2.00 e. The molecule has 12 heavy (non-hydrogen) atoms. The number of hydrogen-bond acceptors (Lipinski definition) is 7. The summed E-state index contributed by atoms with van der Waals surface area (Å²) >= 11 is -5.16. The molecule has 8 nitrogen and oxygen atoms in total. The van der Waals surface area contributed by atoms with E-state index in [4.69, 9.17) is 15.3 Å². The standard InChI is InChI=1S/CH5AsO4.Ag.NO3.Zn/c1-6-2(3,4)5;;2-1(3)4;/h1H3,(H2,3,4,5);;;/q;+1;-1;+2/p-2. The van der Waals surface area contributed by atoms with E-state index in [0.29, 0.717) is 0 Å². The summed E-state index contributed by atoms with van der Waals surface area (Å²) in [5, 5.41) is 14.8. The average molecular weight is 389 g/mol. The van der Waals surface area contributed by atoms with Crippen molar-refractivity contribution >= 4 is 14.5 Å². The van der Waals surface area contributed by atoms with E-state index in [1.807, 2.05) is 0 Å². The van der Waals surface area contributed by atoms with E-state index in [0.717, 1.165) is 7.11 Å². The van der Waals surface area contributed by atoms with Gasteiger partial charge >= 0.3 is 79.1 Å². The molecule has 0 fully saturated rings. The van der Waals surface area contributed by atoms with E-state index in [1.54, 1.807) is 0 Å². The molecule has 0 aliphatic rings. The van der Waals surface area contributed by atoms with Gasteiger partial charge in [0.1, 0.15) is 0 Å². The first-order valence-electron chi connectivity index (χ1n) is 1.69. The predicted octanol–water partition coefficient (Wildman–Crippen LogP) is -3.02. The van der Waals surface area contributed by atoms with Crippen LogP contribution in [0.2, 0.25) is 0 Å². The van der Waals surface area contributed by atoms with Crippen molar-refractivity contribution < 1.29 is 62.6 Å². The fraction of sp³-hybridized carbons (Fsp3) is 1.00. The molecule has 0 N–H and O–H groups in total. The van der Waals surface area contributed by atoms with Gasteiger partial charge in [-0.15, -0.1) is 0 Å². The van der Waals surface area contributed by atoms with Crippen LogP contribution in [0.5, 0.6) is 0 Å². The third-order valence-corrected chi connectivity index (χ3v) is 1.16. The zero-order valence-electron chi connectivity index (χ0n) is 5.76. The van der Waals surface area contributed by atoms with Crippen LogP contribution in [0.25, 0.3) is 0 Å². The van der Waals surface area contributed by atoms with Gasteiger partial charge in [0.25, 0.3) is 0 Å². The van der Waals surface area contributed by atoms with Gasteiger partial charge in [0, 0.05) is 0 Å². The molecule has 0 spiro atoms. The molecule has 0 aromatic rings. The van der Waals surface area contributed by atoms with Gasteiger partial charge in [-0.1, -0.05) is 0 Å². The van der Waals surface area contributed by atoms with Crippen LogP contribution in [-0.2, 0) is 49.3 Å². The second-order valence-corrected chi connectivity index (χ2v) is 3.50. The Morgan fingerprint density at radius 1 is 1.33 bits per heavy atom. The quantitative estimate of drug-likeness (QED) is 0.264. The SMILES string of the molecule is CO[As](=O)([O-])[O-].O=[N+]([O-])[O-].[Ag+].[Zn+2]. The van der Waals surface area contributed by atoms with Crippen molar-refractivity contribution in [3.05, 3.63) is 15.3 Å².